The molecule has 0 aliphatic heterocycles. The van der Waals surface area contributed by atoms with Gasteiger partial charge in [0.2, 0.25) is 0 Å². The number of benzene rings is 1. The number of hydrogen-bond acceptors (Lipinski definition) is 2. The van der Waals surface area contributed by atoms with Gasteiger partial charge in [0.1, 0.15) is 5.82 Å². The van der Waals surface area contributed by atoms with Crippen LogP contribution in [0.5, 0.6) is 0 Å². The van der Waals surface area contributed by atoms with E-state index in [1.165, 1.54) is 6.07 Å². The average Bonchev–Trinajstić information content (AvgIpc) is 2.77. The highest BCUT2D eigenvalue weighted by Crippen LogP contribution is 2.30. The quantitative estimate of drug-likeness (QED) is 0.933. The fourth-order valence-corrected chi connectivity index (χ4v) is 2.27. The van der Waals surface area contributed by atoms with Crippen molar-refractivity contribution in [2.24, 2.45) is 0 Å². The Labute approximate surface area is 102 Å². The minimum atomic E-state index is -0.241. The topological polar surface area (TPSA) is 25.2 Å². The Hall–Kier alpha value is -1.13. The number of furan rings is 1. The summed E-state index contributed by atoms with van der Waals surface area (Å²) < 4.78 is 19.5. The lowest BCUT2D eigenvalue weighted by atomic mass is 10.0. The van der Waals surface area contributed by atoms with Crippen LogP contribution in [0.15, 0.2) is 45.7 Å². The summed E-state index contributed by atoms with van der Waals surface area (Å²) in [6.07, 6.45) is 3.19. The fourth-order valence-electron chi connectivity index (χ4n) is 1.70. The van der Waals surface area contributed by atoms with Crippen LogP contribution in [0, 0.1) is 5.82 Å². The molecule has 0 saturated carbocycles. The number of rotatable bonds is 3. The second-order valence-electron chi connectivity index (χ2n) is 3.41. The van der Waals surface area contributed by atoms with Crippen molar-refractivity contribution in [3.63, 3.8) is 0 Å². The van der Waals surface area contributed by atoms with Crippen molar-refractivity contribution in [3.8, 4) is 0 Å². The van der Waals surface area contributed by atoms with E-state index in [9.17, 15) is 4.39 Å². The normalized spacial score (nSPS) is 12.7. The molecule has 0 saturated heterocycles. The zero-order valence-corrected chi connectivity index (χ0v) is 10.3. The highest BCUT2D eigenvalue weighted by atomic mass is 79.9. The minimum absolute atomic E-state index is 0.214. The number of halogens is 2. The van der Waals surface area contributed by atoms with Gasteiger partial charge in [-0.05, 0) is 25.2 Å². The van der Waals surface area contributed by atoms with Gasteiger partial charge >= 0.3 is 0 Å². The van der Waals surface area contributed by atoms with Crippen molar-refractivity contribution >= 4 is 15.9 Å². The standard InChI is InChI=1S/C12H11BrFNO/c1-15-12(8-5-6-16-7-8)11-9(13)3-2-4-10(11)14/h2-7,12,15H,1H3. The number of hydrogen-bond donors (Lipinski definition) is 1. The molecular weight excluding hydrogens is 273 g/mol. The Morgan fingerprint density at radius 3 is 2.75 bits per heavy atom. The summed E-state index contributed by atoms with van der Waals surface area (Å²) >= 11 is 3.36. The molecule has 0 bridgehead atoms. The maximum absolute atomic E-state index is 13.8. The van der Waals surface area contributed by atoms with E-state index in [1.807, 2.05) is 12.1 Å². The van der Waals surface area contributed by atoms with E-state index in [2.05, 4.69) is 21.2 Å². The molecule has 1 atom stereocenters. The Morgan fingerprint density at radius 2 is 2.19 bits per heavy atom. The SMILES string of the molecule is CNC(c1ccoc1)c1c(F)cccc1Br. The van der Waals surface area contributed by atoms with Gasteiger partial charge < -0.3 is 9.73 Å². The predicted molar refractivity (Wildman–Crippen MR) is 63.7 cm³/mol. The largest absolute Gasteiger partial charge is 0.472 e. The summed E-state index contributed by atoms with van der Waals surface area (Å²) in [6, 6.07) is 6.55. The summed E-state index contributed by atoms with van der Waals surface area (Å²) in [6.45, 7) is 0. The Morgan fingerprint density at radius 1 is 1.38 bits per heavy atom. The highest BCUT2D eigenvalue weighted by molar-refractivity contribution is 9.10. The van der Waals surface area contributed by atoms with E-state index in [-0.39, 0.29) is 11.9 Å². The molecule has 1 heterocycles. The van der Waals surface area contributed by atoms with E-state index in [1.54, 1.807) is 25.6 Å². The molecule has 16 heavy (non-hydrogen) atoms. The predicted octanol–water partition coefficient (Wildman–Crippen LogP) is 3.49. The van der Waals surface area contributed by atoms with Gasteiger partial charge in [-0.2, -0.15) is 0 Å². The maximum atomic E-state index is 13.8. The van der Waals surface area contributed by atoms with Crippen molar-refractivity contribution in [2.45, 2.75) is 6.04 Å². The smallest absolute Gasteiger partial charge is 0.129 e. The zero-order valence-electron chi connectivity index (χ0n) is 8.71. The summed E-state index contributed by atoms with van der Waals surface area (Å²) in [4.78, 5) is 0. The molecule has 0 radical (unpaired) electrons. The minimum Gasteiger partial charge on any atom is -0.472 e. The van der Waals surface area contributed by atoms with Crippen LogP contribution >= 0.6 is 15.9 Å². The van der Waals surface area contributed by atoms with Crippen LogP contribution in [-0.4, -0.2) is 7.05 Å². The van der Waals surface area contributed by atoms with Crippen LogP contribution in [0.4, 0.5) is 4.39 Å². The molecule has 4 heteroatoms. The van der Waals surface area contributed by atoms with E-state index in [0.29, 0.717) is 5.56 Å². The molecule has 1 N–H and O–H groups in total. The third kappa shape index (κ3) is 2.03. The van der Waals surface area contributed by atoms with Gasteiger partial charge in [0.05, 0.1) is 18.6 Å². The van der Waals surface area contributed by atoms with Crippen LogP contribution in [-0.2, 0) is 0 Å². The Bertz CT molecular complexity index is 450. The highest BCUT2D eigenvalue weighted by Gasteiger charge is 2.19. The van der Waals surface area contributed by atoms with Gasteiger partial charge in [0.15, 0.2) is 0 Å². The lowest BCUT2D eigenvalue weighted by molar-refractivity contribution is 0.547. The molecule has 1 unspecified atom stereocenters. The molecule has 1 aromatic heterocycles. The van der Waals surface area contributed by atoms with Crippen LogP contribution in [0.2, 0.25) is 0 Å². The first-order chi connectivity index (χ1) is 7.74. The summed E-state index contributed by atoms with van der Waals surface area (Å²) in [5, 5.41) is 3.07. The van der Waals surface area contributed by atoms with Crippen molar-refractivity contribution in [1.29, 1.82) is 0 Å². The third-order valence-corrected chi connectivity index (χ3v) is 3.15. The second kappa shape index (κ2) is 4.80. The lowest BCUT2D eigenvalue weighted by Crippen LogP contribution is -2.18. The van der Waals surface area contributed by atoms with Crippen LogP contribution in [0.1, 0.15) is 17.2 Å². The maximum Gasteiger partial charge on any atom is 0.129 e. The first-order valence-corrected chi connectivity index (χ1v) is 5.66. The van der Waals surface area contributed by atoms with E-state index >= 15 is 0 Å². The lowest BCUT2D eigenvalue weighted by Gasteiger charge is -2.17. The van der Waals surface area contributed by atoms with Gasteiger partial charge in [-0.25, -0.2) is 4.39 Å². The fraction of sp³-hybridized carbons (Fsp3) is 0.167. The first-order valence-electron chi connectivity index (χ1n) is 4.87. The van der Waals surface area contributed by atoms with Gasteiger partial charge in [-0.3, -0.25) is 0 Å². The molecule has 2 rings (SSSR count). The van der Waals surface area contributed by atoms with Crippen molar-refractivity contribution < 1.29 is 8.81 Å². The molecule has 84 valence electrons. The summed E-state index contributed by atoms with van der Waals surface area (Å²) in [5.74, 6) is -0.241. The van der Waals surface area contributed by atoms with Crippen LogP contribution < -0.4 is 5.32 Å². The van der Waals surface area contributed by atoms with Crippen molar-refractivity contribution in [1.82, 2.24) is 5.32 Å². The second-order valence-corrected chi connectivity index (χ2v) is 4.27. The van der Waals surface area contributed by atoms with Crippen LogP contribution in [0.3, 0.4) is 0 Å². The summed E-state index contributed by atoms with van der Waals surface area (Å²) in [5.41, 5.74) is 1.49. The van der Waals surface area contributed by atoms with Gasteiger partial charge in [0, 0.05) is 15.6 Å². The van der Waals surface area contributed by atoms with E-state index in [0.717, 1.165) is 10.0 Å². The molecule has 0 aliphatic rings. The van der Waals surface area contributed by atoms with Crippen molar-refractivity contribution in [2.75, 3.05) is 7.05 Å². The first kappa shape index (κ1) is 11.4. The van der Waals surface area contributed by atoms with Gasteiger partial charge in [-0.15, -0.1) is 0 Å². The molecule has 0 amide bonds. The molecule has 0 fully saturated rings. The average molecular weight is 284 g/mol. The molecular formula is C12H11BrFNO. The van der Waals surface area contributed by atoms with E-state index < -0.39 is 0 Å². The van der Waals surface area contributed by atoms with E-state index in [4.69, 9.17) is 4.42 Å². The monoisotopic (exact) mass is 283 g/mol. The molecule has 2 nitrogen and oxygen atoms in total. The van der Waals surface area contributed by atoms with Gasteiger partial charge in [0.25, 0.3) is 0 Å². The Balaban J connectivity index is 2.49. The molecule has 1 aromatic carbocycles. The Kier molecular flexibility index (Phi) is 3.41. The third-order valence-electron chi connectivity index (χ3n) is 2.45. The number of nitrogens with one attached hydrogen (secondary N) is 1. The molecule has 0 spiro atoms. The molecule has 2 aromatic rings. The van der Waals surface area contributed by atoms with Crippen LogP contribution in [0.25, 0.3) is 0 Å². The summed E-state index contributed by atoms with van der Waals surface area (Å²) in [7, 11) is 1.79. The zero-order chi connectivity index (χ0) is 11.5. The van der Waals surface area contributed by atoms with Gasteiger partial charge in [-0.1, -0.05) is 22.0 Å². The van der Waals surface area contributed by atoms with Crippen molar-refractivity contribution in [3.05, 3.63) is 58.2 Å². The molecule has 0 aliphatic carbocycles.